The first-order valence-electron chi connectivity index (χ1n) is 7.32. The molecule has 3 rings (SSSR count). The molecule has 0 aromatic carbocycles. The minimum absolute atomic E-state index is 0.512. The summed E-state index contributed by atoms with van der Waals surface area (Å²) >= 11 is 1.52. The van der Waals surface area contributed by atoms with Crippen LogP contribution in [0.15, 0.2) is 16.3 Å². The van der Waals surface area contributed by atoms with Crippen molar-refractivity contribution in [2.75, 3.05) is 20.1 Å². The monoisotopic (exact) mass is 314 g/mol. The van der Waals surface area contributed by atoms with Gasteiger partial charge in [-0.1, -0.05) is 0 Å². The Morgan fingerprint density at radius 3 is 2.35 bits per heavy atom. The van der Waals surface area contributed by atoms with E-state index in [2.05, 4.69) is 5.32 Å². The lowest BCUT2D eigenvalue weighted by Crippen LogP contribution is -2.35. The Morgan fingerprint density at radius 2 is 1.85 bits per heavy atom. The second-order valence-electron chi connectivity index (χ2n) is 5.95. The fourth-order valence-electron chi connectivity index (χ4n) is 2.43. The van der Waals surface area contributed by atoms with E-state index in [4.69, 9.17) is 0 Å². The van der Waals surface area contributed by atoms with Crippen LogP contribution in [0.1, 0.15) is 30.6 Å². The molecule has 0 radical (unpaired) electrons. The van der Waals surface area contributed by atoms with Gasteiger partial charge in [-0.05, 0) is 56.0 Å². The van der Waals surface area contributed by atoms with Crippen molar-refractivity contribution in [3.63, 3.8) is 0 Å². The Kier molecular flexibility index (Phi) is 4.17. The largest absolute Gasteiger partial charge is 0.315 e. The van der Waals surface area contributed by atoms with Crippen LogP contribution < -0.4 is 5.32 Å². The second kappa shape index (κ2) is 5.75. The van der Waals surface area contributed by atoms with E-state index >= 15 is 0 Å². The van der Waals surface area contributed by atoms with Gasteiger partial charge < -0.3 is 5.32 Å². The quantitative estimate of drug-likeness (QED) is 0.801. The van der Waals surface area contributed by atoms with Gasteiger partial charge in [-0.15, -0.1) is 11.3 Å². The van der Waals surface area contributed by atoms with Crippen molar-refractivity contribution in [1.29, 1.82) is 0 Å². The smallest absolute Gasteiger partial charge is 0.244 e. The molecule has 0 unspecified atom stereocenters. The molecular formula is C14H22N2O2S2. The van der Waals surface area contributed by atoms with Crippen molar-refractivity contribution < 1.29 is 8.42 Å². The molecule has 2 aliphatic rings. The summed E-state index contributed by atoms with van der Waals surface area (Å²) in [6.07, 6.45) is 4.74. The topological polar surface area (TPSA) is 49.4 Å². The molecule has 2 fully saturated rings. The highest BCUT2D eigenvalue weighted by Crippen LogP contribution is 2.36. The van der Waals surface area contributed by atoms with Crippen molar-refractivity contribution in [2.45, 2.75) is 37.1 Å². The van der Waals surface area contributed by atoms with E-state index < -0.39 is 10.0 Å². The number of nitrogens with zero attached hydrogens (tertiary/aromatic N) is 1. The van der Waals surface area contributed by atoms with Gasteiger partial charge in [0.2, 0.25) is 10.0 Å². The summed E-state index contributed by atoms with van der Waals surface area (Å²) in [7, 11) is -1.47. The minimum atomic E-state index is -3.32. The molecule has 20 heavy (non-hydrogen) atoms. The number of rotatable bonds is 8. The summed E-state index contributed by atoms with van der Waals surface area (Å²) < 4.78 is 27.6. The molecule has 0 aliphatic heterocycles. The standard InChI is InChI=1S/C14H22N2O2S2/c1-15-8-13-14(6-7-19-13)20(17,18)16(9-11-2-3-11)10-12-4-5-12/h6-7,11-12,15H,2-5,8-10H2,1H3. The lowest BCUT2D eigenvalue weighted by atomic mass is 10.4. The lowest BCUT2D eigenvalue weighted by molar-refractivity contribution is 0.382. The first kappa shape index (κ1) is 14.5. The van der Waals surface area contributed by atoms with Gasteiger partial charge in [0.25, 0.3) is 0 Å². The van der Waals surface area contributed by atoms with Gasteiger partial charge in [0, 0.05) is 24.5 Å². The van der Waals surface area contributed by atoms with Gasteiger partial charge >= 0.3 is 0 Å². The zero-order chi connectivity index (χ0) is 14.2. The van der Waals surface area contributed by atoms with Crippen LogP contribution in [-0.2, 0) is 16.6 Å². The van der Waals surface area contributed by atoms with Crippen LogP contribution in [0.3, 0.4) is 0 Å². The van der Waals surface area contributed by atoms with Gasteiger partial charge in [-0.2, -0.15) is 4.31 Å². The van der Waals surface area contributed by atoms with E-state index in [-0.39, 0.29) is 0 Å². The minimum Gasteiger partial charge on any atom is -0.315 e. The van der Waals surface area contributed by atoms with E-state index in [9.17, 15) is 8.42 Å². The molecule has 1 heterocycles. The van der Waals surface area contributed by atoms with Crippen molar-refractivity contribution in [3.05, 3.63) is 16.3 Å². The third kappa shape index (κ3) is 3.24. The molecule has 0 bridgehead atoms. The van der Waals surface area contributed by atoms with Gasteiger partial charge in [-0.3, -0.25) is 0 Å². The van der Waals surface area contributed by atoms with Crippen LogP contribution in [0.5, 0.6) is 0 Å². The third-order valence-electron chi connectivity index (χ3n) is 3.98. The van der Waals surface area contributed by atoms with Crippen LogP contribution in [-0.4, -0.2) is 32.9 Å². The Morgan fingerprint density at radius 1 is 1.25 bits per heavy atom. The summed E-state index contributed by atoms with van der Waals surface area (Å²) in [5, 5.41) is 4.94. The molecule has 2 aliphatic carbocycles. The Balaban J connectivity index is 1.83. The van der Waals surface area contributed by atoms with E-state index in [1.165, 1.54) is 37.0 Å². The summed E-state index contributed by atoms with van der Waals surface area (Å²) in [5.41, 5.74) is 0. The average molecular weight is 314 g/mol. The summed E-state index contributed by atoms with van der Waals surface area (Å²) in [5.74, 6) is 1.19. The molecule has 0 atom stereocenters. The number of sulfonamides is 1. The number of hydrogen-bond acceptors (Lipinski definition) is 4. The fraction of sp³-hybridized carbons (Fsp3) is 0.714. The molecule has 1 N–H and O–H groups in total. The number of hydrogen-bond donors (Lipinski definition) is 1. The second-order valence-corrected chi connectivity index (χ2v) is 8.85. The summed E-state index contributed by atoms with van der Waals surface area (Å²) in [6, 6.07) is 1.76. The molecule has 0 saturated heterocycles. The SMILES string of the molecule is CNCc1sccc1S(=O)(=O)N(CC1CC1)CC1CC1. The van der Waals surface area contributed by atoms with Crippen LogP contribution >= 0.6 is 11.3 Å². The Labute approximate surface area is 125 Å². The molecule has 1 aromatic heterocycles. The van der Waals surface area contributed by atoms with Crippen LogP contribution in [0.25, 0.3) is 0 Å². The summed E-state index contributed by atoms with van der Waals surface area (Å²) in [4.78, 5) is 1.43. The maximum atomic E-state index is 12.9. The maximum Gasteiger partial charge on any atom is 0.244 e. The summed E-state index contributed by atoms with van der Waals surface area (Å²) in [6.45, 7) is 2.05. The zero-order valence-corrected chi connectivity index (χ0v) is 13.5. The van der Waals surface area contributed by atoms with Crippen LogP contribution in [0.2, 0.25) is 0 Å². The Bertz CT molecular complexity index is 545. The van der Waals surface area contributed by atoms with Crippen molar-refractivity contribution >= 4 is 21.4 Å². The normalized spacial score (nSPS) is 19.7. The molecular weight excluding hydrogens is 292 g/mol. The van der Waals surface area contributed by atoms with Gasteiger partial charge in [0.15, 0.2) is 0 Å². The first-order chi connectivity index (χ1) is 9.61. The number of thiophene rings is 1. The molecule has 0 amide bonds. The average Bonchev–Trinajstić information content (AvgIpc) is 3.32. The Hall–Kier alpha value is -0.430. The molecule has 2 saturated carbocycles. The molecule has 0 spiro atoms. The van der Waals surface area contributed by atoms with E-state index in [1.54, 1.807) is 10.4 Å². The highest BCUT2D eigenvalue weighted by Gasteiger charge is 2.36. The molecule has 4 nitrogen and oxygen atoms in total. The van der Waals surface area contributed by atoms with E-state index in [1.807, 2.05) is 12.4 Å². The molecule has 112 valence electrons. The van der Waals surface area contributed by atoms with E-state index in [0.29, 0.717) is 36.4 Å². The highest BCUT2D eigenvalue weighted by molar-refractivity contribution is 7.89. The lowest BCUT2D eigenvalue weighted by Gasteiger charge is -2.22. The highest BCUT2D eigenvalue weighted by atomic mass is 32.2. The first-order valence-corrected chi connectivity index (χ1v) is 9.64. The zero-order valence-electron chi connectivity index (χ0n) is 11.8. The van der Waals surface area contributed by atoms with Gasteiger partial charge in [0.05, 0.1) is 4.90 Å². The van der Waals surface area contributed by atoms with Crippen molar-refractivity contribution in [2.24, 2.45) is 11.8 Å². The van der Waals surface area contributed by atoms with E-state index in [0.717, 1.165) is 4.88 Å². The molecule has 6 heteroatoms. The predicted molar refractivity (Wildman–Crippen MR) is 81.3 cm³/mol. The van der Waals surface area contributed by atoms with Crippen molar-refractivity contribution in [1.82, 2.24) is 9.62 Å². The van der Waals surface area contributed by atoms with Crippen LogP contribution in [0, 0.1) is 11.8 Å². The fourth-order valence-corrected chi connectivity index (χ4v) is 5.45. The molecule has 1 aromatic rings. The number of nitrogens with one attached hydrogen (secondary N) is 1. The third-order valence-corrected chi connectivity index (χ3v) is 6.94. The van der Waals surface area contributed by atoms with Gasteiger partial charge in [-0.25, -0.2) is 8.42 Å². The maximum absolute atomic E-state index is 12.9. The van der Waals surface area contributed by atoms with Crippen molar-refractivity contribution in [3.8, 4) is 0 Å². The van der Waals surface area contributed by atoms with Gasteiger partial charge in [0.1, 0.15) is 0 Å². The predicted octanol–water partition coefficient (Wildman–Crippen LogP) is 2.28. The van der Waals surface area contributed by atoms with Crippen LogP contribution in [0.4, 0.5) is 0 Å².